The average Bonchev–Trinajstić information content (AvgIpc) is 3.54. The molecule has 292 valence electrons. The minimum Gasteiger partial charge on any atom is -0.481 e. The van der Waals surface area contributed by atoms with E-state index in [0.717, 1.165) is 71.1 Å². The van der Waals surface area contributed by atoms with Crippen LogP contribution in [0.15, 0.2) is 24.3 Å². The molecule has 0 aromatic heterocycles. The van der Waals surface area contributed by atoms with Crippen LogP contribution in [0.2, 0.25) is 0 Å². The number of carbonyl (C=O) groups is 1. The lowest BCUT2D eigenvalue weighted by Crippen LogP contribution is -2.64. The van der Waals surface area contributed by atoms with Gasteiger partial charge in [-0.25, -0.2) is 0 Å². The van der Waals surface area contributed by atoms with Gasteiger partial charge >= 0.3 is 0 Å². The highest BCUT2D eigenvalue weighted by molar-refractivity contribution is 5.85. The minimum atomic E-state index is -0.833. The highest BCUT2D eigenvalue weighted by Crippen LogP contribution is 2.68. The summed E-state index contributed by atoms with van der Waals surface area (Å²) in [5.41, 5.74) is 15.8. The van der Waals surface area contributed by atoms with Gasteiger partial charge in [0.2, 0.25) is 0 Å². The van der Waals surface area contributed by atoms with Crippen molar-refractivity contribution in [3.05, 3.63) is 24.3 Å². The van der Waals surface area contributed by atoms with Gasteiger partial charge in [0.1, 0.15) is 0 Å². The lowest BCUT2D eigenvalue weighted by Gasteiger charge is -2.63. The van der Waals surface area contributed by atoms with Crippen LogP contribution < -0.4 is 11.5 Å². The van der Waals surface area contributed by atoms with Gasteiger partial charge in [0.15, 0.2) is 0 Å². The Balaban J connectivity index is 0.000000176. The van der Waals surface area contributed by atoms with E-state index in [0.29, 0.717) is 23.7 Å². The molecule has 0 radical (unpaired) electrons. The predicted molar refractivity (Wildman–Crippen MR) is 204 cm³/mol. The maximum atomic E-state index is 11.0. The third-order valence-corrected chi connectivity index (χ3v) is 17.5. The molecule has 9 N–H and O–H groups in total. The molecule has 18 atom stereocenters. The number of fused-ring (bicyclic) bond motifs is 10. The molecular formula is C42H71ClN2O6. The molecule has 0 heterocycles. The zero-order chi connectivity index (χ0) is 36.7. The van der Waals surface area contributed by atoms with Crippen LogP contribution in [0.5, 0.6) is 0 Å². The third-order valence-electron chi connectivity index (χ3n) is 17.5. The average molecular weight is 735 g/mol. The Morgan fingerprint density at radius 1 is 0.588 bits per heavy atom. The summed E-state index contributed by atoms with van der Waals surface area (Å²) >= 11 is 0. The fourth-order valence-corrected chi connectivity index (χ4v) is 14.4. The van der Waals surface area contributed by atoms with Gasteiger partial charge in [-0.2, -0.15) is 0 Å². The lowest BCUT2D eigenvalue weighted by atomic mass is 9.43. The molecule has 8 rings (SSSR count). The fourth-order valence-electron chi connectivity index (χ4n) is 14.4. The molecule has 8 saturated carbocycles. The fraction of sp³-hybridized carbons (Fsp3) is 0.881. The minimum absolute atomic E-state index is 0. The number of aliphatic carboxylic acids is 1. The molecule has 0 aromatic rings. The first-order valence-electron chi connectivity index (χ1n) is 20.1. The predicted octanol–water partition coefficient (Wildman–Crippen LogP) is 6.22. The number of halogens is 1. The molecule has 0 spiro atoms. The highest BCUT2D eigenvalue weighted by Gasteiger charge is 2.65. The Kier molecular flexibility index (Phi) is 11.8. The number of aliphatic hydroxyl groups is 4. The van der Waals surface area contributed by atoms with E-state index in [1.807, 2.05) is 0 Å². The van der Waals surface area contributed by atoms with Gasteiger partial charge in [-0.1, -0.05) is 52.0 Å². The normalized spacial score (nSPS) is 53.9. The number of hydrogen-bond acceptors (Lipinski definition) is 7. The van der Waals surface area contributed by atoms with Crippen LogP contribution >= 0.6 is 12.4 Å². The van der Waals surface area contributed by atoms with Crippen molar-refractivity contribution in [2.45, 2.75) is 161 Å². The molecule has 0 bridgehead atoms. The first kappa shape index (κ1) is 41.2. The van der Waals surface area contributed by atoms with E-state index in [-0.39, 0.29) is 69.8 Å². The number of nitrogens with two attached hydrogens (primary N) is 2. The van der Waals surface area contributed by atoms with Crippen molar-refractivity contribution in [1.82, 2.24) is 0 Å². The highest BCUT2D eigenvalue weighted by atomic mass is 35.5. The maximum absolute atomic E-state index is 11.0. The number of aliphatic hydroxyl groups excluding tert-OH is 4. The summed E-state index contributed by atoms with van der Waals surface area (Å²) in [4.78, 5) is 9.00. The zero-order valence-electron chi connectivity index (χ0n) is 32.1. The Bertz CT molecular complexity index is 1230. The number of allylic oxidation sites excluding steroid dienone is 2. The zero-order valence-corrected chi connectivity index (χ0v) is 32.9. The van der Waals surface area contributed by atoms with Crippen molar-refractivity contribution < 1.29 is 30.3 Å². The third kappa shape index (κ3) is 6.50. The lowest BCUT2D eigenvalue weighted by molar-refractivity contribution is -0.210. The molecule has 51 heavy (non-hydrogen) atoms. The molecule has 8 fully saturated rings. The molecule has 0 amide bonds. The first-order valence-corrected chi connectivity index (χ1v) is 20.1. The van der Waals surface area contributed by atoms with Crippen LogP contribution in [0.3, 0.4) is 0 Å². The number of carboxylic acids is 1. The van der Waals surface area contributed by atoms with E-state index in [1.165, 1.54) is 36.8 Å². The summed E-state index contributed by atoms with van der Waals surface area (Å²) in [6.07, 6.45) is 12.9. The number of rotatable bonds is 0. The van der Waals surface area contributed by atoms with Gasteiger partial charge in [0, 0.05) is 19.0 Å². The quantitative estimate of drug-likeness (QED) is 0.144. The first-order chi connectivity index (χ1) is 23.3. The number of carboxylic acid groups (broad SMARTS) is 1. The summed E-state index contributed by atoms with van der Waals surface area (Å²) in [5.74, 6) is 2.01. The summed E-state index contributed by atoms with van der Waals surface area (Å²) in [6.45, 7) is 19.2. The van der Waals surface area contributed by atoms with Crippen molar-refractivity contribution in [3.63, 3.8) is 0 Å². The van der Waals surface area contributed by atoms with Crippen LogP contribution in [-0.2, 0) is 4.79 Å². The molecule has 0 saturated heterocycles. The van der Waals surface area contributed by atoms with Crippen LogP contribution in [0.4, 0.5) is 0 Å². The Morgan fingerprint density at radius 3 is 1.25 bits per heavy atom. The van der Waals surface area contributed by atoms with Gasteiger partial charge in [-0.3, -0.25) is 4.79 Å². The maximum Gasteiger partial charge on any atom is 0.300 e. The van der Waals surface area contributed by atoms with Gasteiger partial charge in [0.25, 0.3) is 5.97 Å². The van der Waals surface area contributed by atoms with Crippen molar-refractivity contribution in [3.8, 4) is 0 Å². The molecule has 8 nitrogen and oxygen atoms in total. The van der Waals surface area contributed by atoms with Gasteiger partial charge < -0.3 is 37.0 Å². The number of hydrogen-bond donors (Lipinski definition) is 7. The van der Waals surface area contributed by atoms with Crippen LogP contribution in [0, 0.1) is 69.0 Å². The second-order valence-electron chi connectivity index (χ2n) is 19.6. The van der Waals surface area contributed by atoms with Crippen molar-refractivity contribution in [2.24, 2.45) is 80.5 Å². The van der Waals surface area contributed by atoms with E-state index in [1.54, 1.807) is 0 Å². The van der Waals surface area contributed by atoms with Crippen LogP contribution in [0.1, 0.15) is 125 Å². The largest absolute Gasteiger partial charge is 0.481 e. The van der Waals surface area contributed by atoms with Gasteiger partial charge in [-0.05, 0) is 159 Å². The molecule has 8 aliphatic carbocycles. The monoisotopic (exact) mass is 735 g/mol. The van der Waals surface area contributed by atoms with Crippen LogP contribution in [0.25, 0.3) is 0 Å². The Labute approximate surface area is 313 Å². The second kappa shape index (κ2) is 14.6. The Hall–Kier alpha value is -1.00. The summed E-state index contributed by atoms with van der Waals surface area (Å²) in [6, 6.07) is 0.373. The topological polar surface area (TPSA) is 170 Å². The molecular weight excluding hydrogens is 664 g/mol. The summed E-state index contributed by atoms with van der Waals surface area (Å²) in [5, 5.41) is 51.4. The molecule has 8 aliphatic rings. The molecule has 0 aliphatic heterocycles. The van der Waals surface area contributed by atoms with E-state index in [2.05, 4.69) is 40.9 Å². The standard InChI is InChI=1S/2C20H33NO2.C2H4O2.ClH/c2*1-11-4-5-13-16-14(7-9-19(11,13)2)20(3)8-6-12(21)10-15(20)17(22)18(16)23;1-2(3)4;/h2*12-18,22-23H,1,4-10,21H2,2-3H3;1H3,(H,3,4);1H/t2*12-,13?,14?,15?,16?,17-,18-,19-,20-;;/m11../s1. The van der Waals surface area contributed by atoms with E-state index < -0.39 is 30.4 Å². The second-order valence-corrected chi connectivity index (χ2v) is 19.6. The van der Waals surface area contributed by atoms with Gasteiger partial charge in [0.05, 0.1) is 24.4 Å². The molecule has 9 heteroatoms. The Morgan fingerprint density at radius 2 is 0.922 bits per heavy atom. The summed E-state index contributed by atoms with van der Waals surface area (Å²) in [7, 11) is 0. The van der Waals surface area contributed by atoms with E-state index >= 15 is 0 Å². The van der Waals surface area contributed by atoms with Crippen molar-refractivity contribution >= 4 is 18.4 Å². The van der Waals surface area contributed by atoms with Crippen LogP contribution in [-0.4, -0.2) is 68.0 Å². The van der Waals surface area contributed by atoms with Gasteiger partial charge in [-0.15, -0.1) is 12.4 Å². The van der Waals surface area contributed by atoms with Crippen molar-refractivity contribution in [2.75, 3.05) is 0 Å². The molecule has 8 unspecified atom stereocenters. The summed E-state index contributed by atoms with van der Waals surface area (Å²) < 4.78 is 0. The van der Waals surface area contributed by atoms with E-state index in [9.17, 15) is 20.4 Å². The smallest absolute Gasteiger partial charge is 0.300 e. The SMILES string of the molecule is C=C1CCC2C3C(CC[C@]12C)[C@@]1(C)CC[C@@H](N)CC1[C@@H](O)[C@@H]3O.C=C1CCC2C3C(CC[C@]12C)[C@@]1(C)CC[C@@H](N)CC1[C@@H](O)[C@@H]3O.CC(=O)O.Cl. The van der Waals surface area contributed by atoms with Crippen molar-refractivity contribution in [1.29, 1.82) is 0 Å². The molecule has 0 aromatic carbocycles. The van der Waals surface area contributed by atoms with E-state index in [4.69, 9.17) is 21.4 Å².